The van der Waals surface area contributed by atoms with Crippen LogP contribution in [0.4, 0.5) is 0 Å². The van der Waals surface area contributed by atoms with Gasteiger partial charge in [-0.15, -0.1) is 0 Å². The fourth-order valence-electron chi connectivity index (χ4n) is 3.23. The molecule has 0 saturated heterocycles. The zero-order valence-electron chi connectivity index (χ0n) is 10.6. The molecule has 1 aromatic carbocycles. The summed E-state index contributed by atoms with van der Waals surface area (Å²) in [5, 5.41) is 0. The third-order valence-corrected chi connectivity index (χ3v) is 4.92. The summed E-state index contributed by atoms with van der Waals surface area (Å²) in [5.74, 6) is 0.829. The smallest absolute Gasteiger partial charge is 0.0207 e. The fraction of sp³-hybridized carbons (Fsp3) is 0.600. The Labute approximate surface area is 113 Å². The lowest BCUT2D eigenvalue weighted by atomic mass is 9.67. The molecule has 0 aromatic heterocycles. The molecular formula is C15H22BrN. The van der Waals surface area contributed by atoms with E-state index in [1.807, 2.05) is 0 Å². The van der Waals surface area contributed by atoms with Crippen molar-refractivity contribution in [2.24, 2.45) is 17.1 Å². The van der Waals surface area contributed by atoms with Crippen molar-refractivity contribution in [3.63, 3.8) is 0 Å². The predicted molar refractivity (Wildman–Crippen MR) is 77.0 cm³/mol. The van der Waals surface area contributed by atoms with E-state index in [-0.39, 0.29) is 0 Å². The first kappa shape index (κ1) is 13.1. The summed E-state index contributed by atoms with van der Waals surface area (Å²) in [6.07, 6.45) is 6.40. The summed E-state index contributed by atoms with van der Waals surface area (Å²) in [7, 11) is 0. The van der Waals surface area contributed by atoms with Gasteiger partial charge in [-0.25, -0.2) is 0 Å². The highest BCUT2D eigenvalue weighted by Crippen LogP contribution is 2.41. The molecule has 2 N–H and O–H groups in total. The number of halogens is 1. The van der Waals surface area contributed by atoms with E-state index >= 15 is 0 Å². The second-order valence-corrected chi connectivity index (χ2v) is 6.53. The number of hydrogen-bond donors (Lipinski definition) is 1. The molecule has 2 atom stereocenters. The van der Waals surface area contributed by atoms with Crippen molar-refractivity contribution in [1.29, 1.82) is 0 Å². The number of nitrogens with two attached hydrogens (primary N) is 1. The molecule has 0 spiro atoms. The molecule has 2 rings (SSSR count). The molecule has 2 unspecified atom stereocenters. The van der Waals surface area contributed by atoms with E-state index in [0.29, 0.717) is 5.41 Å². The average molecular weight is 296 g/mol. The third-order valence-electron chi connectivity index (χ3n) is 4.14. The van der Waals surface area contributed by atoms with Crippen LogP contribution in [0.5, 0.6) is 0 Å². The second kappa shape index (κ2) is 5.53. The minimum atomic E-state index is 0.335. The Kier molecular flexibility index (Phi) is 4.26. The molecule has 2 heteroatoms. The maximum atomic E-state index is 6.08. The van der Waals surface area contributed by atoms with Crippen molar-refractivity contribution in [1.82, 2.24) is 0 Å². The Bertz CT molecular complexity index is 377. The van der Waals surface area contributed by atoms with Gasteiger partial charge in [0.2, 0.25) is 0 Å². The Balaban J connectivity index is 2.17. The molecule has 0 amide bonds. The molecule has 1 fully saturated rings. The lowest BCUT2D eigenvalue weighted by Gasteiger charge is -2.39. The zero-order valence-corrected chi connectivity index (χ0v) is 12.2. The average Bonchev–Trinajstić information content (AvgIpc) is 2.32. The van der Waals surface area contributed by atoms with Crippen LogP contribution in [0.25, 0.3) is 0 Å². The molecular weight excluding hydrogens is 274 g/mol. The van der Waals surface area contributed by atoms with Crippen LogP contribution in [0.15, 0.2) is 28.7 Å². The van der Waals surface area contributed by atoms with E-state index in [2.05, 4.69) is 47.1 Å². The van der Waals surface area contributed by atoms with E-state index in [1.165, 1.54) is 35.7 Å². The van der Waals surface area contributed by atoms with Gasteiger partial charge in [0.15, 0.2) is 0 Å². The summed E-state index contributed by atoms with van der Waals surface area (Å²) in [6.45, 7) is 3.18. The number of hydrogen-bond acceptors (Lipinski definition) is 1. The van der Waals surface area contributed by atoms with Crippen molar-refractivity contribution in [2.45, 2.75) is 39.0 Å². The van der Waals surface area contributed by atoms with Gasteiger partial charge in [-0.05, 0) is 48.8 Å². The summed E-state index contributed by atoms with van der Waals surface area (Å²) >= 11 is 3.65. The molecule has 0 radical (unpaired) electrons. The van der Waals surface area contributed by atoms with Crippen LogP contribution in [-0.4, -0.2) is 6.54 Å². The Hall–Kier alpha value is -0.340. The topological polar surface area (TPSA) is 26.0 Å². The molecule has 1 aliphatic rings. The summed E-state index contributed by atoms with van der Waals surface area (Å²) in [6, 6.07) is 8.55. The number of benzene rings is 1. The zero-order chi connectivity index (χ0) is 12.3. The van der Waals surface area contributed by atoms with Crippen molar-refractivity contribution in [3.8, 4) is 0 Å². The SMILES string of the molecule is CC1CCCC(CN)(Cc2ccccc2Br)C1. The normalized spacial score (nSPS) is 29.2. The molecule has 94 valence electrons. The van der Waals surface area contributed by atoms with Gasteiger partial charge in [0, 0.05) is 4.47 Å². The second-order valence-electron chi connectivity index (χ2n) is 5.67. The highest BCUT2D eigenvalue weighted by molar-refractivity contribution is 9.10. The van der Waals surface area contributed by atoms with E-state index in [1.54, 1.807) is 0 Å². The van der Waals surface area contributed by atoms with Crippen LogP contribution >= 0.6 is 15.9 Å². The van der Waals surface area contributed by atoms with Crippen molar-refractivity contribution in [3.05, 3.63) is 34.3 Å². The first-order chi connectivity index (χ1) is 8.15. The van der Waals surface area contributed by atoms with Gasteiger partial charge >= 0.3 is 0 Å². The van der Waals surface area contributed by atoms with E-state index in [9.17, 15) is 0 Å². The largest absolute Gasteiger partial charge is 0.330 e. The van der Waals surface area contributed by atoms with E-state index in [4.69, 9.17) is 5.73 Å². The maximum absolute atomic E-state index is 6.08. The monoisotopic (exact) mass is 295 g/mol. The molecule has 0 heterocycles. The van der Waals surface area contributed by atoms with Gasteiger partial charge in [-0.1, -0.05) is 53.9 Å². The van der Waals surface area contributed by atoms with Gasteiger partial charge in [0.05, 0.1) is 0 Å². The molecule has 1 nitrogen and oxygen atoms in total. The first-order valence-electron chi connectivity index (χ1n) is 6.59. The highest BCUT2D eigenvalue weighted by atomic mass is 79.9. The maximum Gasteiger partial charge on any atom is 0.0207 e. The van der Waals surface area contributed by atoms with Crippen LogP contribution < -0.4 is 5.73 Å². The Morgan fingerprint density at radius 2 is 2.18 bits per heavy atom. The van der Waals surface area contributed by atoms with Crippen molar-refractivity contribution in [2.75, 3.05) is 6.54 Å². The van der Waals surface area contributed by atoms with Crippen LogP contribution in [-0.2, 0) is 6.42 Å². The van der Waals surface area contributed by atoms with Crippen molar-refractivity contribution < 1.29 is 0 Å². The summed E-state index contributed by atoms with van der Waals surface area (Å²) in [4.78, 5) is 0. The highest BCUT2D eigenvalue weighted by Gasteiger charge is 2.34. The number of rotatable bonds is 3. The fourth-order valence-corrected chi connectivity index (χ4v) is 3.66. The Morgan fingerprint density at radius 3 is 2.82 bits per heavy atom. The van der Waals surface area contributed by atoms with Crippen LogP contribution in [0, 0.1) is 11.3 Å². The predicted octanol–water partition coefficient (Wildman–Crippen LogP) is 4.15. The molecule has 0 bridgehead atoms. The van der Waals surface area contributed by atoms with Gasteiger partial charge in [0.25, 0.3) is 0 Å². The molecule has 17 heavy (non-hydrogen) atoms. The van der Waals surface area contributed by atoms with Crippen LogP contribution in [0.2, 0.25) is 0 Å². The summed E-state index contributed by atoms with van der Waals surface area (Å²) in [5.41, 5.74) is 7.83. The van der Waals surface area contributed by atoms with E-state index < -0.39 is 0 Å². The minimum absolute atomic E-state index is 0.335. The quantitative estimate of drug-likeness (QED) is 0.891. The van der Waals surface area contributed by atoms with Crippen LogP contribution in [0.1, 0.15) is 38.2 Å². The van der Waals surface area contributed by atoms with Gasteiger partial charge < -0.3 is 5.73 Å². The van der Waals surface area contributed by atoms with Gasteiger partial charge in [-0.3, -0.25) is 0 Å². The molecule has 0 aliphatic heterocycles. The van der Waals surface area contributed by atoms with E-state index in [0.717, 1.165) is 18.9 Å². The summed E-state index contributed by atoms with van der Waals surface area (Å²) < 4.78 is 1.23. The molecule has 1 aliphatic carbocycles. The van der Waals surface area contributed by atoms with Gasteiger partial charge in [-0.2, -0.15) is 0 Å². The standard InChI is InChI=1S/C15H22BrN/c1-12-5-4-8-15(9-12,11-17)10-13-6-2-3-7-14(13)16/h2-3,6-7,12H,4-5,8-11,17H2,1H3. The lowest BCUT2D eigenvalue weighted by Crippen LogP contribution is -2.37. The van der Waals surface area contributed by atoms with Crippen LogP contribution in [0.3, 0.4) is 0 Å². The van der Waals surface area contributed by atoms with Gasteiger partial charge in [0.1, 0.15) is 0 Å². The lowest BCUT2D eigenvalue weighted by molar-refractivity contribution is 0.153. The van der Waals surface area contributed by atoms with Crippen molar-refractivity contribution >= 4 is 15.9 Å². The molecule has 1 aromatic rings. The Morgan fingerprint density at radius 1 is 1.41 bits per heavy atom. The minimum Gasteiger partial charge on any atom is -0.330 e. The molecule has 1 saturated carbocycles. The third kappa shape index (κ3) is 3.11. The first-order valence-corrected chi connectivity index (χ1v) is 7.38.